The molecule has 5 nitrogen and oxygen atoms in total. The Balaban J connectivity index is 2.24. The maximum absolute atomic E-state index is 11.1. The number of hydrogen-bond acceptors (Lipinski definition) is 4. The van der Waals surface area contributed by atoms with E-state index in [0.717, 1.165) is 43.9 Å². The highest BCUT2D eigenvalue weighted by Crippen LogP contribution is 2.34. The summed E-state index contributed by atoms with van der Waals surface area (Å²) in [5.41, 5.74) is 2.30. The van der Waals surface area contributed by atoms with Gasteiger partial charge in [0, 0.05) is 43.1 Å². The first-order chi connectivity index (χ1) is 9.41. The number of anilines is 2. The molecule has 1 aromatic rings. The highest BCUT2D eigenvalue weighted by atomic mass is 16.6. The molecule has 0 spiro atoms. The maximum atomic E-state index is 11.1. The zero-order chi connectivity index (χ0) is 14.8. The third-order valence-corrected chi connectivity index (χ3v) is 3.98. The van der Waals surface area contributed by atoms with Crippen LogP contribution in [-0.2, 0) is 0 Å². The summed E-state index contributed by atoms with van der Waals surface area (Å²) in [6, 6.07) is 5.29. The lowest BCUT2D eigenvalue weighted by molar-refractivity contribution is -0.384. The van der Waals surface area contributed by atoms with Crippen LogP contribution in [0.4, 0.5) is 17.1 Å². The van der Waals surface area contributed by atoms with Crippen LogP contribution in [0.2, 0.25) is 0 Å². The van der Waals surface area contributed by atoms with Crippen molar-refractivity contribution >= 4 is 17.1 Å². The Morgan fingerprint density at radius 3 is 2.50 bits per heavy atom. The molecule has 20 heavy (non-hydrogen) atoms. The molecule has 0 saturated carbocycles. The number of nitro groups is 1. The fourth-order valence-electron chi connectivity index (χ4n) is 2.56. The Morgan fingerprint density at radius 2 is 1.95 bits per heavy atom. The minimum absolute atomic E-state index is 0.156. The molecule has 1 fully saturated rings. The van der Waals surface area contributed by atoms with Crippen LogP contribution in [0.1, 0.15) is 33.6 Å². The molecular weight excluding hydrogens is 254 g/mol. The predicted molar refractivity (Wildman–Crippen MR) is 82.5 cm³/mol. The van der Waals surface area contributed by atoms with Crippen LogP contribution in [0, 0.1) is 15.5 Å². The fourth-order valence-corrected chi connectivity index (χ4v) is 2.56. The van der Waals surface area contributed by atoms with Gasteiger partial charge in [-0.15, -0.1) is 0 Å². The van der Waals surface area contributed by atoms with Crippen molar-refractivity contribution in [3.05, 3.63) is 28.3 Å². The number of non-ortho nitro benzene ring substituents is 1. The first-order valence-electron chi connectivity index (χ1n) is 7.19. The van der Waals surface area contributed by atoms with Crippen molar-refractivity contribution in [2.45, 2.75) is 33.6 Å². The number of nitro benzene ring substituents is 1. The second-order valence-corrected chi connectivity index (χ2v) is 6.18. The van der Waals surface area contributed by atoms with Crippen LogP contribution in [0.3, 0.4) is 0 Å². The molecule has 0 bridgehead atoms. The van der Waals surface area contributed by atoms with E-state index in [-0.39, 0.29) is 10.6 Å². The molecule has 5 heteroatoms. The van der Waals surface area contributed by atoms with Crippen LogP contribution < -0.4 is 10.2 Å². The Kier molecular flexibility index (Phi) is 4.16. The van der Waals surface area contributed by atoms with Crippen molar-refractivity contribution in [1.29, 1.82) is 0 Å². The van der Waals surface area contributed by atoms with Crippen molar-refractivity contribution in [3.8, 4) is 0 Å². The number of hydrogen-bond donors (Lipinski definition) is 1. The van der Waals surface area contributed by atoms with E-state index in [9.17, 15) is 10.1 Å². The fraction of sp³-hybridized carbons (Fsp3) is 0.600. The summed E-state index contributed by atoms with van der Waals surface area (Å²) < 4.78 is 0. The van der Waals surface area contributed by atoms with E-state index in [4.69, 9.17) is 0 Å². The Bertz CT molecular complexity index is 490. The second kappa shape index (κ2) is 5.69. The van der Waals surface area contributed by atoms with Crippen LogP contribution >= 0.6 is 0 Å². The largest absolute Gasteiger partial charge is 0.385 e. The topological polar surface area (TPSA) is 58.4 Å². The SMILES string of the molecule is CCNc1cc(N2CCC(C)(C)CC2)cc([N+](=O)[O-])c1. The van der Waals surface area contributed by atoms with Gasteiger partial charge in [-0.3, -0.25) is 10.1 Å². The summed E-state index contributed by atoms with van der Waals surface area (Å²) in [5.74, 6) is 0. The van der Waals surface area contributed by atoms with E-state index in [1.165, 1.54) is 0 Å². The molecule has 0 unspecified atom stereocenters. The van der Waals surface area contributed by atoms with Crippen LogP contribution in [0.15, 0.2) is 18.2 Å². The van der Waals surface area contributed by atoms with Gasteiger partial charge >= 0.3 is 0 Å². The minimum atomic E-state index is -0.321. The third-order valence-electron chi connectivity index (χ3n) is 3.98. The highest BCUT2D eigenvalue weighted by Gasteiger charge is 2.26. The lowest BCUT2D eigenvalue weighted by Crippen LogP contribution is -2.37. The Morgan fingerprint density at radius 1 is 1.30 bits per heavy atom. The van der Waals surface area contributed by atoms with Gasteiger partial charge in [0.1, 0.15) is 0 Å². The van der Waals surface area contributed by atoms with Gasteiger partial charge in [-0.25, -0.2) is 0 Å². The molecule has 0 aromatic heterocycles. The third kappa shape index (κ3) is 3.40. The van der Waals surface area contributed by atoms with E-state index in [2.05, 4.69) is 24.1 Å². The summed E-state index contributed by atoms with van der Waals surface area (Å²) in [4.78, 5) is 13.0. The van der Waals surface area contributed by atoms with Gasteiger partial charge in [0.05, 0.1) is 4.92 Å². The molecule has 110 valence electrons. The van der Waals surface area contributed by atoms with E-state index in [1.807, 2.05) is 13.0 Å². The number of nitrogens with one attached hydrogen (secondary N) is 1. The van der Waals surface area contributed by atoms with Crippen molar-refractivity contribution in [3.63, 3.8) is 0 Å². The summed E-state index contributed by atoms with van der Waals surface area (Å²) in [6.45, 7) is 9.22. The number of piperidine rings is 1. The summed E-state index contributed by atoms with van der Waals surface area (Å²) in [6.07, 6.45) is 2.23. The molecule has 1 N–H and O–H groups in total. The van der Waals surface area contributed by atoms with Crippen molar-refractivity contribution in [1.82, 2.24) is 0 Å². The standard InChI is InChI=1S/C15H23N3O2/c1-4-16-12-9-13(11-14(10-12)18(19)20)17-7-5-15(2,3)6-8-17/h9-11,16H,4-8H2,1-3H3. The second-order valence-electron chi connectivity index (χ2n) is 6.18. The minimum Gasteiger partial charge on any atom is -0.385 e. The number of benzene rings is 1. The van der Waals surface area contributed by atoms with Gasteiger partial charge in [-0.05, 0) is 31.2 Å². The van der Waals surface area contributed by atoms with Crippen LogP contribution in [0.25, 0.3) is 0 Å². The molecule has 1 aliphatic heterocycles. The zero-order valence-electron chi connectivity index (χ0n) is 12.5. The normalized spacial score (nSPS) is 17.9. The highest BCUT2D eigenvalue weighted by molar-refractivity contribution is 5.64. The van der Waals surface area contributed by atoms with Crippen LogP contribution in [0.5, 0.6) is 0 Å². The Labute approximate surface area is 120 Å². The average Bonchev–Trinajstić information content (AvgIpc) is 2.38. The van der Waals surface area contributed by atoms with E-state index in [1.54, 1.807) is 12.1 Å². The lowest BCUT2D eigenvalue weighted by atomic mass is 9.82. The first kappa shape index (κ1) is 14.6. The summed E-state index contributed by atoms with van der Waals surface area (Å²) in [5, 5.41) is 14.2. The molecule has 0 atom stereocenters. The average molecular weight is 277 g/mol. The van der Waals surface area contributed by atoms with E-state index >= 15 is 0 Å². The van der Waals surface area contributed by atoms with Gasteiger partial charge in [-0.1, -0.05) is 13.8 Å². The molecule has 1 aliphatic rings. The van der Waals surface area contributed by atoms with E-state index < -0.39 is 0 Å². The smallest absolute Gasteiger partial charge is 0.273 e. The lowest BCUT2D eigenvalue weighted by Gasteiger charge is -2.38. The molecule has 1 saturated heterocycles. The van der Waals surface area contributed by atoms with E-state index in [0.29, 0.717) is 5.41 Å². The van der Waals surface area contributed by atoms with Gasteiger partial charge in [0.2, 0.25) is 0 Å². The van der Waals surface area contributed by atoms with Crippen molar-refractivity contribution < 1.29 is 4.92 Å². The van der Waals surface area contributed by atoms with Crippen LogP contribution in [-0.4, -0.2) is 24.6 Å². The molecule has 2 rings (SSSR count). The summed E-state index contributed by atoms with van der Waals surface area (Å²) in [7, 11) is 0. The molecule has 0 amide bonds. The number of rotatable bonds is 4. The molecule has 1 aromatic carbocycles. The molecule has 0 aliphatic carbocycles. The monoisotopic (exact) mass is 277 g/mol. The molecule has 1 heterocycles. The first-order valence-corrected chi connectivity index (χ1v) is 7.19. The number of nitrogens with zero attached hydrogens (tertiary/aromatic N) is 2. The maximum Gasteiger partial charge on any atom is 0.273 e. The van der Waals surface area contributed by atoms with Gasteiger partial charge < -0.3 is 10.2 Å². The molecular formula is C15H23N3O2. The van der Waals surface area contributed by atoms with Crippen molar-refractivity contribution in [2.75, 3.05) is 29.9 Å². The Hall–Kier alpha value is -1.78. The van der Waals surface area contributed by atoms with Crippen molar-refractivity contribution in [2.24, 2.45) is 5.41 Å². The van der Waals surface area contributed by atoms with Gasteiger partial charge in [0.25, 0.3) is 5.69 Å². The van der Waals surface area contributed by atoms with Gasteiger partial charge in [-0.2, -0.15) is 0 Å². The summed E-state index contributed by atoms with van der Waals surface area (Å²) >= 11 is 0. The predicted octanol–water partition coefficient (Wildman–Crippen LogP) is 3.65. The molecule has 0 radical (unpaired) electrons. The quantitative estimate of drug-likeness (QED) is 0.674. The van der Waals surface area contributed by atoms with Gasteiger partial charge in [0.15, 0.2) is 0 Å². The zero-order valence-corrected chi connectivity index (χ0v) is 12.5.